The van der Waals surface area contributed by atoms with E-state index >= 15 is 0 Å². The second-order valence-electron chi connectivity index (χ2n) is 11.8. The van der Waals surface area contributed by atoms with Gasteiger partial charge in [0, 0.05) is 15.6 Å². The van der Waals surface area contributed by atoms with Gasteiger partial charge < -0.3 is 9.84 Å². The third kappa shape index (κ3) is 5.68. The summed E-state index contributed by atoms with van der Waals surface area (Å²) in [5.41, 5.74) is 3.32. The molecule has 2 aromatic carbocycles. The Labute approximate surface area is 241 Å². The number of thiazole rings is 1. The van der Waals surface area contributed by atoms with Gasteiger partial charge in [-0.15, -0.1) is 0 Å². The topological polar surface area (TPSA) is 80.9 Å². The van der Waals surface area contributed by atoms with Crippen molar-refractivity contribution in [3.63, 3.8) is 0 Å². The highest BCUT2D eigenvalue weighted by Gasteiger charge is 2.33. The van der Waals surface area contributed by atoms with Gasteiger partial charge in [-0.2, -0.15) is 0 Å². The van der Waals surface area contributed by atoms with Crippen LogP contribution in [-0.4, -0.2) is 22.2 Å². The quantitative estimate of drug-likeness (QED) is 0.375. The fourth-order valence-electron chi connectivity index (χ4n) is 4.79. The molecule has 0 spiro atoms. The minimum absolute atomic E-state index is 0.222. The Hall–Kier alpha value is -2.97. The zero-order valence-corrected chi connectivity index (χ0v) is 26.1. The number of carbonyl (C=O) groups excluding carboxylic acids is 1. The summed E-state index contributed by atoms with van der Waals surface area (Å²) in [6, 6.07) is 10.8. The van der Waals surface area contributed by atoms with Crippen LogP contribution in [0.1, 0.15) is 83.7 Å². The van der Waals surface area contributed by atoms with Crippen molar-refractivity contribution in [2.45, 2.75) is 72.3 Å². The number of benzene rings is 2. The van der Waals surface area contributed by atoms with Gasteiger partial charge in [-0.25, -0.2) is 9.79 Å². The molecule has 0 radical (unpaired) electrons. The van der Waals surface area contributed by atoms with E-state index in [0.29, 0.717) is 26.4 Å². The van der Waals surface area contributed by atoms with E-state index in [1.54, 1.807) is 18.4 Å². The molecule has 0 bridgehead atoms. The lowest BCUT2D eigenvalue weighted by molar-refractivity contribution is -0.139. The lowest BCUT2D eigenvalue weighted by Crippen LogP contribution is -2.39. The predicted octanol–water partition coefficient (Wildman–Crippen LogP) is 5.86. The van der Waals surface area contributed by atoms with Gasteiger partial charge in [0.15, 0.2) is 4.80 Å². The van der Waals surface area contributed by atoms with E-state index < -0.39 is 12.0 Å². The predicted molar refractivity (Wildman–Crippen MR) is 160 cm³/mol. The Balaban J connectivity index is 1.99. The van der Waals surface area contributed by atoms with Crippen molar-refractivity contribution in [3.05, 3.63) is 94.1 Å². The Morgan fingerprint density at radius 1 is 1.10 bits per heavy atom. The van der Waals surface area contributed by atoms with Crippen LogP contribution in [0.15, 0.2) is 61.9 Å². The first kappa shape index (κ1) is 29.0. The molecule has 0 aliphatic carbocycles. The van der Waals surface area contributed by atoms with Crippen molar-refractivity contribution in [2.24, 2.45) is 4.99 Å². The molecule has 1 atom stereocenters. The van der Waals surface area contributed by atoms with E-state index in [1.165, 1.54) is 11.3 Å². The van der Waals surface area contributed by atoms with Crippen molar-refractivity contribution in [1.29, 1.82) is 0 Å². The summed E-state index contributed by atoms with van der Waals surface area (Å²) in [5, 5.41) is 11.1. The highest BCUT2D eigenvalue weighted by Crippen LogP contribution is 2.40. The molecule has 1 aromatic heterocycles. The van der Waals surface area contributed by atoms with Crippen molar-refractivity contribution in [1.82, 2.24) is 4.57 Å². The first-order valence-corrected chi connectivity index (χ1v) is 14.6. The molecule has 6 nitrogen and oxygen atoms in total. The number of hydrogen-bond donors (Lipinski definition) is 1. The second-order valence-corrected chi connectivity index (χ2v) is 13.7. The summed E-state index contributed by atoms with van der Waals surface area (Å²) < 4.78 is 8.36. The number of hydrogen-bond acceptors (Lipinski definition) is 6. The van der Waals surface area contributed by atoms with Crippen LogP contribution in [0.2, 0.25) is 0 Å². The molecule has 0 saturated heterocycles. The van der Waals surface area contributed by atoms with Crippen molar-refractivity contribution in [3.8, 4) is 5.75 Å². The highest BCUT2D eigenvalue weighted by atomic mass is 79.9. The summed E-state index contributed by atoms with van der Waals surface area (Å²) in [6.07, 6.45) is 1.86. The number of aromatic hydroxyl groups is 1. The first-order valence-electron chi connectivity index (χ1n) is 13.0. The van der Waals surface area contributed by atoms with E-state index in [9.17, 15) is 14.7 Å². The molecule has 4 rings (SSSR count). The third-order valence-corrected chi connectivity index (χ3v) is 8.26. The summed E-state index contributed by atoms with van der Waals surface area (Å²) >= 11 is 4.76. The number of allylic oxidation sites excluding steroid dienone is 1. The maximum absolute atomic E-state index is 14.0. The molecule has 1 aliphatic heterocycles. The lowest BCUT2D eigenvalue weighted by Gasteiger charge is -2.27. The van der Waals surface area contributed by atoms with Crippen LogP contribution in [0.25, 0.3) is 6.08 Å². The van der Waals surface area contributed by atoms with Gasteiger partial charge in [0.1, 0.15) is 5.75 Å². The molecule has 1 unspecified atom stereocenters. The fourth-order valence-corrected chi connectivity index (χ4v) is 6.10. The average Bonchev–Trinajstić information content (AvgIpc) is 3.12. The Kier molecular flexibility index (Phi) is 7.85. The average molecular weight is 612 g/mol. The second kappa shape index (κ2) is 10.5. The fraction of sp³-hybridized carbons (Fsp3) is 0.387. The Bertz CT molecular complexity index is 1610. The van der Waals surface area contributed by atoms with E-state index in [2.05, 4.69) is 62.5 Å². The SMILES string of the molecule is CCOC(=O)C1=C(C)N=c2sc(=Cc3cc(C(C)(C)C)c(O)c(C(C)(C)C)c3)c(=O)n2C1c1ccc(Br)cc1. The van der Waals surface area contributed by atoms with Crippen LogP contribution in [0.5, 0.6) is 5.75 Å². The molecule has 206 valence electrons. The third-order valence-electron chi connectivity index (χ3n) is 6.75. The zero-order chi connectivity index (χ0) is 28.9. The standard InChI is InChI=1S/C31H35BrN2O4S/c1-9-38-28(37)24-17(2)33-29-34(25(24)19-10-12-20(32)13-11-19)27(36)23(39-29)16-18-14-21(30(3,4)5)26(35)22(15-18)31(6,7)8/h10-16,25,35H,9H2,1-8H3. The first-order chi connectivity index (χ1) is 18.1. The molecule has 0 amide bonds. The summed E-state index contributed by atoms with van der Waals surface area (Å²) in [4.78, 5) is 32.3. The molecule has 3 aromatic rings. The van der Waals surface area contributed by atoms with Crippen molar-refractivity contribution >= 4 is 39.3 Å². The maximum Gasteiger partial charge on any atom is 0.338 e. The van der Waals surface area contributed by atoms with Crippen LogP contribution in [-0.2, 0) is 20.4 Å². The summed E-state index contributed by atoms with van der Waals surface area (Å²) in [5.74, 6) is -0.192. The number of ether oxygens (including phenoxy) is 1. The van der Waals surface area contributed by atoms with Crippen molar-refractivity contribution < 1.29 is 14.6 Å². The number of fused-ring (bicyclic) bond motifs is 1. The summed E-state index contributed by atoms with van der Waals surface area (Å²) in [7, 11) is 0. The molecular weight excluding hydrogens is 576 g/mol. The van der Waals surface area contributed by atoms with Gasteiger partial charge in [0.2, 0.25) is 0 Å². The Morgan fingerprint density at radius 3 is 2.18 bits per heavy atom. The number of rotatable bonds is 4. The number of phenols is 1. The molecule has 0 fully saturated rings. The molecule has 2 heterocycles. The molecule has 39 heavy (non-hydrogen) atoms. The molecular formula is C31H35BrN2O4S. The largest absolute Gasteiger partial charge is 0.507 e. The minimum Gasteiger partial charge on any atom is -0.507 e. The number of phenolic OH excluding ortho intramolecular Hbond substituents is 1. The number of nitrogens with zero attached hydrogens (tertiary/aromatic N) is 2. The van der Waals surface area contributed by atoms with Crippen LogP contribution >= 0.6 is 27.3 Å². The number of esters is 1. The van der Waals surface area contributed by atoms with Crippen LogP contribution < -0.4 is 14.9 Å². The van der Waals surface area contributed by atoms with Crippen LogP contribution in [0.4, 0.5) is 0 Å². The van der Waals surface area contributed by atoms with E-state index in [4.69, 9.17) is 4.74 Å². The molecule has 0 saturated carbocycles. The maximum atomic E-state index is 14.0. The van der Waals surface area contributed by atoms with E-state index in [-0.39, 0.29) is 23.0 Å². The van der Waals surface area contributed by atoms with E-state index in [1.807, 2.05) is 42.5 Å². The molecule has 1 aliphatic rings. The lowest BCUT2D eigenvalue weighted by atomic mass is 9.78. The normalized spacial score (nSPS) is 16.2. The van der Waals surface area contributed by atoms with Gasteiger partial charge in [-0.05, 0) is 66.1 Å². The smallest absolute Gasteiger partial charge is 0.338 e. The van der Waals surface area contributed by atoms with E-state index in [0.717, 1.165) is 26.7 Å². The van der Waals surface area contributed by atoms with Gasteiger partial charge in [-0.3, -0.25) is 9.36 Å². The number of carbonyl (C=O) groups is 1. The molecule has 1 N–H and O–H groups in total. The highest BCUT2D eigenvalue weighted by molar-refractivity contribution is 9.10. The number of aromatic nitrogens is 1. The monoisotopic (exact) mass is 610 g/mol. The van der Waals surface area contributed by atoms with Gasteiger partial charge in [-0.1, -0.05) is 80.9 Å². The summed E-state index contributed by atoms with van der Waals surface area (Å²) in [6.45, 7) is 16.1. The van der Waals surface area contributed by atoms with Crippen LogP contribution in [0, 0.1) is 0 Å². The zero-order valence-electron chi connectivity index (χ0n) is 23.7. The van der Waals surface area contributed by atoms with Crippen molar-refractivity contribution in [2.75, 3.05) is 6.61 Å². The minimum atomic E-state index is -0.661. The Morgan fingerprint density at radius 2 is 1.67 bits per heavy atom. The molecule has 8 heteroatoms. The number of halogens is 1. The van der Waals surface area contributed by atoms with Crippen LogP contribution in [0.3, 0.4) is 0 Å². The van der Waals surface area contributed by atoms with Gasteiger partial charge in [0.05, 0.1) is 28.5 Å². The van der Waals surface area contributed by atoms with Gasteiger partial charge >= 0.3 is 5.97 Å². The van der Waals surface area contributed by atoms with Gasteiger partial charge in [0.25, 0.3) is 5.56 Å².